The number of unbranched alkanes of at least 4 members (excludes halogenated alkanes) is 3. The van der Waals surface area contributed by atoms with Crippen molar-refractivity contribution in [2.24, 2.45) is 0 Å². The van der Waals surface area contributed by atoms with Crippen molar-refractivity contribution in [2.75, 3.05) is 6.61 Å². The van der Waals surface area contributed by atoms with E-state index < -0.39 is 11.2 Å². The van der Waals surface area contributed by atoms with Crippen LogP contribution in [-0.4, -0.2) is 12.6 Å². The van der Waals surface area contributed by atoms with Gasteiger partial charge in [0.15, 0.2) is 5.60 Å². The highest BCUT2D eigenvalue weighted by atomic mass is 16.7. The minimum absolute atomic E-state index is 0.321. The van der Waals surface area contributed by atoms with Crippen LogP contribution in [0.2, 0.25) is 0 Å². The molecule has 1 fully saturated rings. The lowest BCUT2D eigenvalue weighted by atomic mass is 9.77. The molecule has 0 spiro atoms. The number of carbonyl (C=O) groups excluding carboxylic acids is 1. The van der Waals surface area contributed by atoms with Crippen molar-refractivity contribution in [3.8, 4) is 0 Å². The molecule has 0 aromatic heterocycles. The summed E-state index contributed by atoms with van der Waals surface area (Å²) >= 11 is 0. The fraction of sp³-hybridized carbons (Fsp3) is 0.296. The van der Waals surface area contributed by atoms with Gasteiger partial charge in [0.05, 0.1) is 6.61 Å². The van der Waals surface area contributed by atoms with Crippen LogP contribution in [0.3, 0.4) is 0 Å². The van der Waals surface area contributed by atoms with Gasteiger partial charge in [0.2, 0.25) is 5.60 Å². The molecule has 4 rings (SSSR count). The number of rotatable bonds is 9. The largest absolute Gasteiger partial charge is 0.463 e. The normalized spacial score (nSPS) is 19.2. The zero-order valence-corrected chi connectivity index (χ0v) is 17.4. The van der Waals surface area contributed by atoms with E-state index in [0.29, 0.717) is 6.61 Å². The van der Waals surface area contributed by atoms with Crippen LogP contribution < -0.4 is 0 Å². The van der Waals surface area contributed by atoms with Crippen molar-refractivity contribution in [2.45, 2.75) is 43.8 Å². The summed E-state index contributed by atoms with van der Waals surface area (Å²) in [6.45, 7) is 2.58. The Labute approximate surface area is 178 Å². The van der Waals surface area contributed by atoms with Gasteiger partial charge in [0.25, 0.3) is 0 Å². The average molecular weight is 401 g/mol. The third kappa shape index (κ3) is 3.44. The van der Waals surface area contributed by atoms with E-state index in [2.05, 4.69) is 6.92 Å². The number of hydrogen-bond acceptors (Lipinski definition) is 3. The minimum Gasteiger partial charge on any atom is -0.463 e. The highest BCUT2D eigenvalue weighted by Gasteiger charge is 2.78. The Morgan fingerprint density at radius 3 is 1.73 bits per heavy atom. The average Bonchev–Trinajstić information content (AvgIpc) is 3.53. The molecule has 1 atom stereocenters. The molecule has 0 N–H and O–H groups in total. The van der Waals surface area contributed by atoms with Gasteiger partial charge in [-0.2, -0.15) is 0 Å². The molecule has 3 aromatic carbocycles. The van der Waals surface area contributed by atoms with Crippen LogP contribution in [0.15, 0.2) is 91.0 Å². The zero-order valence-electron chi connectivity index (χ0n) is 17.4. The summed E-state index contributed by atoms with van der Waals surface area (Å²) in [7, 11) is 0. The topological polar surface area (TPSA) is 38.8 Å². The van der Waals surface area contributed by atoms with Gasteiger partial charge in [-0.25, -0.2) is 4.79 Å². The number of ether oxygens (including phenoxy) is 2. The molecule has 3 heteroatoms. The van der Waals surface area contributed by atoms with Gasteiger partial charge in [0, 0.05) is 0 Å². The number of epoxide rings is 1. The van der Waals surface area contributed by atoms with Crippen LogP contribution in [0.4, 0.5) is 0 Å². The van der Waals surface area contributed by atoms with E-state index in [-0.39, 0.29) is 5.97 Å². The molecular formula is C27H28O3. The van der Waals surface area contributed by atoms with Crippen molar-refractivity contribution in [3.63, 3.8) is 0 Å². The van der Waals surface area contributed by atoms with Crippen molar-refractivity contribution in [3.05, 3.63) is 108 Å². The SMILES string of the molecule is CCCCCCOC(=O)C1(c2ccccc2)OC1(c1ccccc1)c1ccccc1. The lowest BCUT2D eigenvalue weighted by molar-refractivity contribution is -0.150. The number of benzene rings is 3. The molecule has 3 nitrogen and oxygen atoms in total. The molecule has 1 aliphatic heterocycles. The molecule has 0 amide bonds. The van der Waals surface area contributed by atoms with Gasteiger partial charge in [-0.05, 0) is 23.1 Å². The van der Waals surface area contributed by atoms with E-state index >= 15 is 0 Å². The molecule has 0 saturated carbocycles. The molecule has 0 bridgehead atoms. The van der Waals surface area contributed by atoms with E-state index in [0.717, 1.165) is 42.4 Å². The van der Waals surface area contributed by atoms with E-state index in [1.54, 1.807) is 0 Å². The summed E-state index contributed by atoms with van der Waals surface area (Å²) in [5.74, 6) is -0.321. The maximum atomic E-state index is 13.6. The second kappa shape index (κ2) is 8.85. The first-order chi connectivity index (χ1) is 14.8. The number of carbonyl (C=O) groups is 1. The molecule has 1 unspecified atom stereocenters. The predicted octanol–water partition coefficient (Wildman–Crippen LogP) is 5.98. The second-order valence-corrected chi connectivity index (χ2v) is 7.76. The number of esters is 1. The summed E-state index contributed by atoms with van der Waals surface area (Å²) in [6, 6.07) is 29.7. The van der Waals surface area contributed by atoms with Crippen LogP contribution in [0.1, 0.15) is 49.3 Å². The summed E-state index contributed by atoms with van der Waals surface area (Å²) < 4.78 is 12.3. The molecule has 3 aromatic rings. The highest BCUT2D eigenvalue weighted by Crippen LogP contribution is 2.66. The Bertz CT molecular complexity index is 914. The maximum Gasteiger partial charge on any atom is 0.347 e. The minimum atomic E-state index is -1.19. The molecule has 1 saturated heterocycles. The van der Waals surface area contributed by atoms with Gasteiger partial charge in [0.1, 0.15) is 0 Å². The predicted molar refractivity (Wildman–Crippen MR) is 118 cm³/mol. The van der Waals surface area contributed by atoms with Crippen molar-refractivity contribution >= 4 is 5.97 Å². The third-order valence-electron chi connectivity index (χ3n) is 5.82. The first kappa shape index (κ1) is 20.4. The Morgan fingerprint density at radius 2 is 1.23 bits per heavy atom. The van der Waals surface area contributed by atoms with Gasteiger partial charge in [-0.1, -0.05) is 117 Å². The maximum absolute atomic E-state index is 13.6. The third-order valence-corrected chi connectivity index (χ3v) is 5.82. The summed E-state index contributed by atoms with van der Waals surface area (Å²) in [6.07, 6.45) is 4.23. The summed E-state index contributed by atoms with van der Waals surface area (Å²) in [4.78, 5) is 13.6. The standard InChI is InChI=1S/C27H28O3/c1-2-3-4-14-21-29-25(28)27(24-19-12-7-13-20-24)26(30-27,22-15-8-5-9-16-22)23-17-10-6-11-18-23/h5-13,15-20H,2-4,14,21H2,1H3. The lowest BCUT2D eigenvalue weighted by Crippen LogP contribution is -2.33. The van der Waals surface area contributed by atoms with Crippen LogP contribution >= 0.6 is 0 Å². The highest BCUT2D eigenvalue weighted by molar-refractivity contribution is 5.89. The second-order valence-electron chi connectivity index (χ2n) is 7.76. The Hall–Kier alpha value is -2.91. The fourth-order valence-corrected chi connectivity index (χ4v) is 4.27. The molecule has 154 valence electrons. The first-order valence-electron chi connectivity index (χ1n) is 10.8. The zero-order chi connectivity index (χ0) is 20.9. The van der Waals surface area contributed by atoms with Crippen molar-refractivity contribution in [1.29, 1.82) is 0 Å². The Morgan fingerprint density at radius 1 is 0.733 bits per heavy atom. The van der Waals surface area contributed by atoms with Crippen LogP contribution in [0.25, 0.3) is 0 Å². The van der Waals surface area contributed by atoms with E-state index in [9.17, 15) is 4.79 Å². The van der Waals surface area contributed by atoms with E-state index in [1.165, 1.54) is 0 Å². The Balaban J connectivity index is 1.76. The lowest BCUT2D eigenvalue weighted by Gasteiger charge is -2.21. The van der Waals surface area contributed by atoms with Crippen LogP contribution in [-0.2, 0) is 25.5 Å². The first-order valence-corrected chi connectivity index (χ1v) is 10.8. The molecule has 1 heterocycles. The van der Waals surface area contributed by atoms with E-state index in [1.807, 2.05) is 91.0 Å². The molecule has 1 aliphatic rings. The van der Waals surface area contributed by atoms with Crippen molar-refractivity contribution < 1.29 is 14.3 Å². The van der Waals surface area contributed by atoms with Gasteiger partial charge < -0.3 is 9.47 Å². The summed E-state index contributed by atoms with van der Waals surface area (Å²) in [5, 5.41) is 0. The quantitative estimate of drug-likeness (QED) is 0.252. The van der Waals surface area contributed by atoms with Gasteiger partial charge >= 0.3 is 5.97 Å². The van der Waals surface area contributed by atoms with Crippen LogP contribution in [0.5, 0.6) is 0 Å². The van der Waals surface area contributed by atoms with Gasteiger partial charge in [-0.15, -0.1) is 0 Å². The smallest absolute Gasteiger partial charge is 0.347 e. The van der Waals surface area contributed by atoms with Crippen molar-refractivity contribution in [1.82, 2.24) is 0 Å². The number of hydrogen-bond donors (Lipinski definition) is 0. The fourth-order valence-electron chi connectivity index (χ4n) is 4.27. The molecular weight excluding hydrogens is 372 g/mol. The van der Waals surface area contributed by atoms with Crippen LogP contribution in [0, 0.1) is 0 Å². The summed E-state index contributed by atoms with van der Waals surface area (Å²) in [5.41, 5.74) is 0.612. The van der Waals surface area contributed by atoms with E-state index in [4.69, 9.17) is 9.47 Å². The molecule has 30 heavy (non-hydrogen) atoms. The molecule has 0 aliphatic carbocycles. The molecule has 0 radical (unpaired) electrons. The Kier molecular flexibility index (Phi) is 6.01. The van der Waals surface area contributed by atoms with Gasteiger partial charge in [-0.3, -0.25) is 0 Å². The monoisotopic (exact) mass is 400 g/mol.